The molecule has 7 aromatic rings. The fourth-order valence-corrected chi connectivity index (χ4v) is 5.33. The molecule has 7 rings (SSSR count). The first kappa shape index (κ1) is 15.9. The highest BCUT2D eigenvalue weighted by atomic mass is 32.1. The first-order chi connectivity index (χ1) is 14.9. The molecule has 140 valence electrons. The summed E-state index contributed by atoms with van der Waals surface area (Å²) < 4.78 is 4.65. The van der Waals surface area contributed by atoms with Crippen LogP contribution in [0, 0.1) is 0 Å². The summed E-state index contributed by atoms with van der Waals surface area (Å²) in [4.78, 5) is 22.6. The number of pyridine rings is 1. The molecule has 0 saturated carbocycles. The van der Waals surface area contributed by atoms with Gasteiger partial charge in [-0.25, -0.2) is 19.9 Å². The van der Waals surface area contributed by atoms with Crippen molar-refractivity contribution >= 4 is 64.7 Å². The quantitative estimate of drug-likeness (QED) is 0.372. The zero-order chi connectivity index (χ0) is 19.7. The van der Waals surface area contributed by atoms with Crippen LogP contribution in [0.25, 0.3) is 59.2 Å². The lowest BCUT2D eigenvalue weighted by atomic mass is 10.1. The highest BCUT2D eigenvalue weighted by Crippen LogP contribution is 2.42. The average molecular weight is 404 g/mol. The second kappa shape index (κ2) is 5.77. The van der Waals surface area contributed by atoms with Crippen molar-refractivity contribution in [1.29, 1.82) is 0 Å². The molecule has 2 aromatic carbocycles. The summed E-state index contributed by atoms with van der Waals surface area (Å²) in [6.07, 6.45) is 6.86. The van der Waals surface area contributed by atoms with Crippen molar-refractivity contribution in [2.24, 2.45) is 0 Å². The molecule has 6 nitrogen and oxygen atoms in total. The second-order valence-corrected chi connectivity index (χ2v) is 8.16. The van der Waals surface area contributed by atoms with Crippen molar-refractivity contribution < 1.29 is 0 Å². The van der Waals surface area contributed by atoms with E-state index in [-0.39, 0.29) is 0 Å². The summed E-state index contributed by atoms with van der Waals surface area (Å²) in [5.74, 6) is 0.707. The van der Waals surface area contributed by atoms with Gasteiger partial charge in [0.05, 0.1) is 22.7 Å². The van der Waals surface area contributed by atoms with E-state index in [0.29, 0.717) is 17.1 Å². The van der Waals surface area contributed by atoms with E-state index in [0.717, 1.165) is 21.9 Å². The Bertz CT molecular complexity index is 1760. The molecule has 7 heteroatoms. The molecular formula is C23H12N6S. The van der Waals surface area contributed by atoms with Crippen LogP contribution in [-0.2, 0) is 0 Å². The van der Waals surface area contributed by atoms with Crippen molar-refractivity contribution in [3.63, 3.8) is 0 Å². The summed E-state index contributed by atoms with van der Waals surface area (Å²) >= 11 is 1.80. The maximum absolute atomic E-state index is 4.79. The molecule has 30 heavy (non-hydrogen) atoms. The Labute approximate surface area is 173 Å². The maximum Gasteiger partial charge on any atom is 0.199 e. The normalized spacial score (nSPS) is 12.0. The van der Waals surface area contributed by atoms with Crippen LogP contribution in [0.15, 0.2) is 73.3 Å². The number of hydrogen-bond donors (Lipinski definition) is 0. The number of benzene rings is 2. The Hall–Kier alpha value is -3.97. The van der Waals surface area contributed by atoms with Gasteiger partial charge in [-0.05, 0) is 30.3 Å². The van der Waals surface area contributed by atoms with Gasteiger partial charge in [0, 0.05) is 44.1 Å². The van der Waals surface area contributed by atoms with Crippen molar-refractivity contribution in [2.75, 3.05) is 0 Å². The Morgan fingerprint density at radius 3 is 2.57 bits per heavy atom. The van der Waals surface area contributed by atoms with E-state index in [1.807, 2.05) is 12.3 Å². The Morgan fingerprint density at radius 2 is 1.60 bits per heavy atom. The van der Waals surface area contributed by atoms with Gasteiger partial charge in [-0.15, -0.1) is 11.3 Å². The zero-order valence-corrected chi connectivity index (χ0v) is 16.3. The minimum atomic E-state index is 0.524. The molecule has 0 spiro atoms. The maximum atomic E-state index is 4.79. The van der Waals surface area contributed by atoms with E-state index in [1.54, 1.807) is 29.9 Å². The van der Waals surface area contributed by atoms with Crippen LogP contribution in [0.4, 0.5) is 0 Å². The molecule has 0 fully saturated rings. The molecule has 0 aliphatic heterocycles. The first-order valence-electron chi connectivity index (χ1n) is 9.52. The molecule has 0 unspecified atom stereocenters. The monoisotopic (exact) mass is 404 g/mol. The first-order valence-corrected chi connectivity index (χ1v) is 10.3. The van der Waals surface area contributed by atoms with Gasteiger partial charge in [0.15, 0.2) is 17.1 Å². The van der Waals surface area contributed by atoms with Crippen molar-refractivity contribution in [3.05, 3.63) is 73.3 Å². The van der Waals surface area contributed by atoms with Gasteiger partial charge >= 0.3 is 0 Å². The van der Waals surface area contributed by atoms with Crippen molar-refractivity contribution in [2.45, 2.75) is 0 Å². The van der Waals surface area contributed by atoms with Crippen molar-refractivity contribution in [1.82, 2.24) is 29.5 Å². The minimum Gasteiger partial charge on any atom is -0.290 e. The Morgan fingerprint density at radius 1 is 0.700 bits per heavy atom. The highest BCUT2D eigenvalue weighted by molar-refractivity contribution is 7.26. The number of fused-ring (bicyclic) bond motifs is 8. The largest absolute Gasteiger partial charge is 0.290 e. The molecule has 0 atom stereocenters. The molecule has 0 aliphatic carbocycles. The van der Waals surface area contributed by atoms with Gasteiger partial charge in [-0.3, -0.25) is 9.55 Å². The van der Waals surface area contributed by atoms with Gasteiger partial charge in [0.1, 0.15) is 0 Å². The van der Waals surface area contributed by atoms with Gasteiger partial charge in [0.2, 0.25) is 0 Å². The smallest absolute Gasteiger partial charge is 0.199 e. The summed E-state index contributed by atoms with van der Waals surface area (Å²) in [5, 5.41) is 3.55. The average Bonchev–Trinajstić information content (AvgIpc) is 3.34. The van der Waals surface area contributed by atoms with Crippen LogP contribution >= 0.6 is 11.3 Å². The number of aromatic nitrogens is 6. The van der Waals surface area contributed by atoms with E-state index < -0.39 is 0 Å². The zero-order valence-electron chi connectivity index (χ0n) is 15.5. The number of thiophene rings is 1. The molecule has 5 aromatic heterocycles. The summed E-state index contributed by atoms with van der Waals surface area (Å²) in [6.45, 7) is 0. The topological polar surface area (TPSA) is 69.4 Å². The Balaban J connectivity index is 1.74. The van der Waals surface area contributed by atoms with Crippen LogP contribution in [0.3, 0.4) is 0 Å². The van der Waals surface area contributed by atoms with Crippen LogP contribution < -0.4 is 0 Å². The third-order valence-corrected chi connectivity index (χ3v) is 6.57. The fraction of sp³-hybridized carbons (Fsp3) is 0. The van der Waals surface area contributed by atoms with Gasteiger partial charge in [-0.2, -0.15) is 0 Å². The molecule has 0 N–H and O–H groups in total. The van der Waals surface area contributed by atoms with Crippen LogP contribution in [0.1, 0.15) is 0 Å². The van der Waals surface area contributed by atoms with E-state index in [9.17, 15) is 0 Å². The summed E-state index contributed by atoms with van der Waals surface area (Å²) in [6, 6.07) is 16.9. The lowest BCUT2D eigenvalue weighted by Crippen LogP contribution is -2.01. The molecular weight excluding hydrogens is 392 g/mol. The molecule has 0 saturated heterocycles. The Kier molecular flexibility index (Phi) is 3.06. The predicted octanol–water partition coefficient (Wildman–Crippen LogP) is 5.28. The minimum absolute atomic E-state index is 0.524. The molecule has 5 heterocycles. The number of rotatable bonds is 1. The molecule has 0 aliphatic rings. The fourth-order valence-electron chi connectivity index (χ4n) is 4.22. The van der Waals surface area contributed by atoms with E-state index in [1.165, 1.54) is 20.2 Å². The third-order valence-electron chi connectivity index (χ3n) is 5.43. The van der Waals surface area contributed by atoms with Crippen LogP contribution in [-0.4, -0.2) is 29.5 Å². The van der Waals surface area contributed by atoms with Gasteiger partial charge < -0.3 is 0 Å². The second-order valence-electron chi connectivity index (χ2n) is 7.07. The number of hydrogen-bond acceptors (Lipinski definition) is 6. The van der Waals surface area contributed by atoms with Crippen LogP contribution in [0.2, 0.25) is 0 Å². The van der Waals surface area contributed by atoms with E-state index in [4.69, 9.17) is 9.97 Å². The van der Waals surface area contributed by atoms with Crippen LogP contribution in [0.5, 0.6) is 0 Å². The predicted molar refractivity (Wildman–Crippen MR) is 120 cm³/mol. The third kappa shape index (κ3) is 2.04. The molecule has 0 amide bonds. The lowest BCUT2D eigenvalue weighted by Gasteiger charge is -2.07. The van der Waals surface area contributed by atoms with Crippen molar-refractivity contribution in [3.8, 4) is 5.82 Å². The van der Waals surface area contributed by atoms with Gasteiger partial charge in [0.25, 0.3) is 0 Å². The lowest BCUT2D eigenvalue weighted by molar-refractivity contribution is 1.05. The van der Waals surface area contributed by atoms with E-state index in [2.05, 4.69) is 62.0 Å². The number of nitrogens with zero attached hydrogens (tertiary/aromatic N) is 6. The highest BCUT2D eigenvalue weighted by Gasteiger charge is 2.19. The molecule has 0 radical (unpaired) electrons. The summed E-state index contributed by atoms with van der Waals surface area (Å²) in [7, 11) is 0. The van der Waals surface area contributed by atoms with Gasteiger partial charge in [-0.1, -0.05) is 18.2 Å². The summed E-state index contributed by atoms with van der Waals surface area (Å²) in [5.41, 5.74) is 4.09. The van der Waals surface area contributed by atoms with E-state index >= 15 is 0 Å². The standard InChI is InChI=1S/C23H12N6S/c1-2-6-16-13(4-1)19-17(30-16)8-7-14-20-15(5-3-9-24-20)29(21(14)19)18-12-27-22-23(28-18)26-11-10-25-22/h1-12H. The molecule has 0 bridgehead atoms. The SMILES string of the molecule is c1ccc2c(c1)sc1ccc3c4ncccc4n(-c4cnc5nccnc5n4)c3c12.